The second-order valence-corrected chi connectivity index (χ2v) is 8.86. The Labute approximate surface area is 190 Å². The van der Waals surface area contributed by atoms with Gasteiger partial charge in [0, 0.05) is 22.5 Å². The zero-order valence-corrected chi connectivity index (χ0v) is 18.0. The van der Waals surface area contributed by atoms with E-state index in [1.54, 1.807) is 12.1 Å². The van der Waals surface area contributed by atoms with Crippen LogP contribution in [-0.4, -0.2) is 9.97 Å². The largest absolute Gasteiger partial charge is 0.438 e. The summed E-state index contributed by atoms with van der Waals surface area (Å²) < 4.78 is 34.5. The minimum Gasteiger partial charge on any atom is -0.438 e. The molecule has 164 valence electrons. The first-order valence-corrected chi connectivity index (χ1v) is 11.4. The fourth-order valence-corrected chi connectivity index (χ4v) is 5.00. The molecule has 5 heteroatoms. The van der Waals surface area contributed by atoms with Crippen LogP contribution in [0.3, 0.4) is 0 Å². The van der Waals surface area contributed by atoms with Gasteiger partial charge < -0.3 is 4.42 Å². The Morgan fingerprint density at radius 2 is 1.64 bits per heavy atom. The Kier molecular flexibility index (Phi) is 4.90. The molecule has 1 aliphatic rings. The van der Waals surface area contributed by atoms with E-state index in [0.717, 1.165) is 34.4 Å². The molecule has 0 spiro atoms. The Hall–Kier alpha value is -3.60. The van der Waals surface area contributed by atoms with E-state index in [2.05, 4.69) is 22.1 Å². The number of hydrogen-bond acceptors (Lipinski definition) is 3. The molecule has 1 aliphatic carbocycles. The second-order valence-electron chi connectivity index (χ2n) is 8.86. The van der Waals surface area contributed by atoms with E-state index in [1.165, 1.54) is 49.4 Å². The molecule has 6 rings (SSSR count). The Bertz CT molecular complexity index is 1460. The molecular weight excluding hydrogens is 418 g/mol. The quantitative estimate of drug-likeness (QED) is 0.287. The van der Waals surface area contributed by atoms with Crippen molar-refractivity contribution in [2.45, 2.75) is 32.1 Å². The van der Waals surface area contributed by atoms with Gasteiger partial charge in [-0.3, -0.25) is 4.98 Å². The molecule has 1 saturated carbocycles. The summed E-state index contributed by atoms with van der Waals surface area (Å²) in [4.78, 5) is 8.99. The minimum atomic E-state index is -0.649. The second kappa shape index (κ2) is 8.07. The number of fused-ring (bicyclic) bond motifs is 3. The third-order valence-corrected chi connectivity index (χ3v) is 6.68. The average Bonchev–Trinajstić information content (AvgIpc) is 3.46. The van der Waals surface area contributed by atoms with Gasteiger partial charge >= 0.3 is 0 Å². The van der Waals surface area contributed by atoms with Crippen molar-refractivity contribution in [1.82, 2.24) is 9.97 Å². The van der Waals surface area contributed by atoms with Gasteiger partial charge in [-0.2, -0.15) is 0 Å². The summed E-state index contributed by atoms with van der Waals surface area (Å²) in [6.07, 6.45) is 8.28. The smallest absolute Gasteiger partial charge is 0.227 e. The Morgan fingerprint density at radius 3 is 2.45 bits per heavy atom. The van der Waals surface area contributed by atoms with Crippen LogP contribution in [0.2, 0.25) is 0 Å². The van der Waals surface area contributed by atoms with Gasteiger partial charge in [-0.05, 0) is 66.4 Å². The summed E-state index contributed by atoms with van der Waals surface area (Å²) in [6, 6.07) is 17.5. The molecule has 3 nitrogen and oxygen atoms in total. The van der Waals surface area contributed by atoms with Gasteiger partial charge in [0.2, 0.25) is 5.71 Å². The van der Waals surface area contributed by atoms with Crippen LogP contribution in [0.15, 0.2) is 71.3 Å². The molecule has 0 aliphatic heterocycles. The topological polar surface area (TPSA) is 38.9 Å². The summed E-state index contributed by atoms with van der Waals surface area (Å²) in [6.45, 7) is 0. The monoisotopic (exact) mass is 440 g/mol. The lowest BCUT2D eigenvalue weighted by Gasteiger charge is -2.10. The first-order chi connectivity index (χ1) is 16.2. The number of aromatic nitrogens is 2. The van der Waals surface area contributed by atoms with E-state index in [1.807, 2.05) is 24.4 Å². The van der Waals surface area contributed by atoms with E-state index >= 15 is 0 Å². The number of pyridine rings is 2. The molecule has 0 amide bonds. The standard InChI is InChI=1S/C28H22F2N2O/c29-22-6-3-7-23(30)27(22)24-11-10-21-20-9-8-19(16-26(20)33-28(21)32-24)25-15-18(12-13-31-25)14-17-4-1-2-5-17/h3,6-13,15-17H,1-2,4-5,14H2. The van der Waals surface area contributed by atoms with Gasteiger partial charge in [-0.1, -0.05) is 37.8 Å². The number of furan rings is 1. The molecule has 0 unspecified atom stereocenters. The van der Waals surface area contributed by atoms with E-state index in [9.17, 15) is 8.78 Å². The fourth-order valence-electron chi connectivity index (χ4n) is 5.00. The maximum absolute atomic E-state index is 14.2. The van der Waals surface area contributed by atoms with Gasteiger partial charge in [0.05, 0.1) is 17.0 Å². The molecule has 2 aromatic carbocycles. The predicted octanol–water partition coefficient (Wildman–Crippen LogP) is 7.72. The van der Waals surface area contributed by atoms with Crippen LogP contribution in [0, 0.1) is 17.6 Å². The van der Waals surface area contributed by atoms with Gasteiger partial charge in [0.1, 0.15) is 17.2 Å². The van der Waals surface area contributed by atoms with Crippen LogP contribution in [0.5, 0.6) is 0 Å². The zero-order chi connectivity index (χ0) is 22.4. The van der Waals surface area contributed by atoms with Gasteiger partial charge in [0.25, 0.3) is 0 Å². The third-order valence-electron chi connectivity index (χ3n) is 6.68. The van der Waals surface area contributed by atoms with Crippen molar-refractivity contribution >= 4 is 22.1 Å². The van der Waals surface area contributed by atoms with Crippen LogP contribution < -0.4 is 0 Å². The van der Waals surface area contributed by atoms with E-state index in [-0.39, 0.29) is 11.3 Å². The van der Waals surface area contributed by atoms with Crippen molar-refractivity contribution in [3.05, 3.63) is 84.1 Å². The zero-order valence-electron chi connectivity index (χ0n) is 18.0. The molecular formula is C28H22F2N2O. The number of rotatable bonds is 4. The molecule has 1 fully saturated rings. The van der Waals surface area contributed by atoms with Crippen molar-refractivity contribution in [2.75, 3.05) is 0 Å². The summed E-state index contributed by atoms with van der Waals surface area (Å²) in [7, 11) is 0. The van der Waals surface area contributed by atoms with E-state index in [0.29, 0.717) is 11.3 Å². The molecule has 3 aromatic heterocycles. The first-order valence-electron chi connectivity index (χ1n) is 11.4. The van der Waals surface area contributed by atoms with Crippen molar-refractivity contribution < 1.29 is 13.2 Å². The summed E-state index contributed by atoms with van der Waals surface area (Å²) >= 11 is 0. The van der Waals surface area contributed by atoms with Gasteiger partial charge in [0.15, 0.2) is 0 Å². The molecule has 0 atom stereocenters. The number of nitrogens with zero attached hydrogens (tertiary/aromatic N) is 2. The van der Waals surface area contributed by atoms with Crippen LogP contribution >= 0.6 is 0 Å². The molecule has 5 aromatic rings. The lowest BCUT2D eigenvalue weighted by Crippen LogP contribution is -1.99. The van der Waals surface area contributed by atoms with Crippen LogP contribution in [0.1, 0.15) is 31.2 Å². The van der Waals surface area contributed by atoms with E-state index in [4.69, 9.17) is 4.42 Å². The lowest BCUT2D eigenvalue weighted by atomic mass is 9.97. The molecule has 33 heavy (non-hydrogen) atoms. The van der Waals surface area contributed by atoms with Crippen molar-refractivity contribution in [1.29, 1.82) is 0 Å². The molecule has 0 bridgehead atoms. The summed E-state index contributed by atoms with van der Waals surface area (Å²) in [5, 5.41) is 1.71. The van der Waals surface area contributed by atoms with Crippen LogP contribution in [-0.2, 0) is 6.42 Å². The highest BCUT2D eigenvalue weighted by Gasteiger charge is 2.17. The maximum Gasteiger partial charge on any atom is 0.227 e. The molecule has 0 saturated heterocycles. The normalized spacial score (nSPS) is 14.5. The average molecular weight is 440 g/mol. The number of hydrogen-bond donors (Lipinski definition) is 0. The Morgan fingerprint density at radius 1 is 0.848 bits per heavy atom. The highest BCUT2D eigenvalue weighted by Crippen LogP contribution is 2.34. The molecule has 0 N–H and O–H groups in total. The van der Waals surface area contributed by atoms with Crippen molar-refractivity contribution in [3.8, 4) is 22.5 Å². The summed E-state index contributed by atoms with van der Waals surface area (Å²) in [5.74, 6) is -0.523. The number of halogens is 2. The number of benzene rings is 2. The minimum absolute atomic E-state index is 0.149. The third kappa shape index (κ3) is 3.67. The molecule has 3 heterocycles. The Balaban J connectivity index is 1.38. The van der Waals surface area contributed by atoms with E-state index < -0.39 is 11.6 Å². The SMILES string of the molecule is Fc1cccc(F)c1-c1ccc2c(n1)oc1cc(-c3cc(CC4CCCC4)ccn3)ccc12. The fraction of sp³-hybridized carbons (Fsp3) is 0.214. The maximum atomic E-state index is 14.2. The van der Waals surface area contributed by atoms with Crippen LogP contribution in [0.4, 0.5) is 8.78 Å². The van der Waals surface area contributed by atoms with Crippen molar-refractivity contribution in [2.24, 2.45) is 5.92 Å². The predicted molar refractivity (Wildman–Crippen MR) is 126 cm³/mol. The first kappa shape index (κ1) is 20.0. The van der Waals surface area contributed by atoms with Crippen molar-refractivity contribution in [3.63, 3.8) is 0 Å². The summed E-state index contributed by atoms with van der Waals surface area (Å²) in [5.41, 5.74) is 4.27. The lowest BCUT2D eigenvalue weighted by molar-refractivity contribution is 0.546. The van der Waals surface area contributed by atoms with Crippen LogP contribution in [0.25, 0.3) is 44.6 Å². The highest BCUT2D eigenvalue weighted by molar-refractivity contribution is 6.05. The van der Waals surface area contributed by atoms with Gasteiger partial charge in [-0.25, -0.2) is 13.8 Å². The highest BCUT2D eigenvalue weighted by atomic mass is 19.1. The molecule has 0 radical (unpaired) electrons. The van der Waals surface area contributed by atoms with Gasteiger partial charge in [-0.15, -0.1) is 0 Å².